The number of halogens is 1. The van der Waals surface area contributed by atoms with Crippen molar-refractivity contribution in [3.63, 3.8) is 0 Å². The Kier molecular flexibility index (Phi) is 7.21. The van der Waals surface area contributed by atoms with Gasteiger partial charge in [-0.25, -0.2) is 4.79 Å². The summed E-state index contributed by atoms with van der Waals surface area (Å²) in [5.74, 6) is -0.616. The molecular formula is C20H19ClN2O4. The number of esters is 1. The molecule has 0 saturated heterocycles. The molecule has 0 fully saturated rings. The number of amides is 1. The second-order valence-electron chi connectivity index (χ2n) is 5.79. The van der Waals surface area contributed by atoms with Gasteiger partial charge in [0.05, 0.1) is 6.07 Å². The van der Waals surface area contributed by atoms with Crippen molar-refractivity contribution in [1.82, 2.24) is 0 Å². The van der Waals surface area contributed by atoms with Gasteiger partial charge in [0, 0.05) is 10.7 Å². The van der Waals surface area contributed by atoms with Crippen molar-refractivity contribution in [1.29, 1.82) is 5.26 Å². The van der Waals surface area contributed by atoms with Crippen LogP contribution in [0.1, 0.15) is 11.1 Å². The summed E-state index contributed by atoms with van der Waals surface area (Å²) in [6.45, 7) is 2.70. The maximum Gasteiger partial charge on any atom is 0.344 e. The smallest absolute Gasteiger partial charge is 0.344 e. The zero-order valence-corrected chi connectivity index (χ0v) is 15.8. The Balaban J connectivity index is 1.91. The fourth-order valence-electron chi connectivity index (χ4n) is 2.52. The summed E-state index contributed by atoms with van der Waals surface area (Å²) < 4.78 is 10.5. The summed E-state index contributed by atoms with van der Waals surface area (Å²) in [6, 6.07) is 14.1. The van der Waals surface area contributed by atoms with E-state index >= 15 is 0 Å². The summed E-state index contributed by atoms with van der Waals surface area (Å²) in [5, 5.41) is 9.51. The van der Waals surface area contributed by atoms with Gasteiger partial charge < -0.3 is 9.47 Å². The first-order valence-corrected chi connectivity index (χ1v) is 8.57. The zero-order valence-electron chi connectivity index (χ0n) is 15.1. The number of para-hydroxylation sites is 1. The fourth-order valence-corrected chi connectivity index (χ4v) is 2.85. The van der Waals surface area contributed by atoms with Gasteiger partial charge in [0.1, 0.15) is 12.3 Å². The van der Waals surface area contributed by atoms with Crippen LogP contribution in [0, 0.1) is 25.2 Å². The summed E-state index contributed by atoms with van der Waals surface area (Å²) >= 11 is 5.96. The minimum atomic E-state index is -0.679. The van der Waals surface area contributed by atoms with Gasteiger partial charge in [0.15, 0.2) is 13.2 Å². The molecule has 0 saturated carbocycles. The molecule has 2 aromatic rings. The van der Waals surface area contributed by atoms with E-state index in [1.165, 1.54) is 4.90 Å². The molecule has 1 amide bonds. The van der Waals surface area contributed by atoms with Gasteiger partial charge in [-0.1, -0.05) is 29.8 Å². The standard InChI is InChI=1S/C20H19ClN2O4/c1-14-10-16(21)11-15(2)20(14)27-13-19(25)26-12-18(24)23(9-8-22)17-6-4-3-5-7-17/h3-7,10-11H,9,12-13H2,1-2H3. The summed E-state index contributed by atoms with van der Waals surface area (Å²) in [5.41, 5.74) is 2.16. The summed E-state index contributed by atoms with van der Waals surface area (Å²) in [4.78, 5) is 25.5. The molecule has 0 spiro atoms. The van der Waals surface area contributed by atoms with E-state index in [9.17, 15) is 9.59 Å². The van der Waals surface area contributed by atoms with E-state index in [-0.39, 0.29) is 13.2 Å². The second kappa shape index (κ2) is 9.60. The third-order valence-electron chi connectivity index (χ3n) is 3.71. The SMILES string of the molecule is Cc1cc(Cl)cc(C)c1OCC(=O)OCC(=O)N(CC#N)c1ccccc1. The number of aryl methyl sites for hydroxylation is 2. The molecule has 0 unspecified atom stereocenters. The molecule has 27 heavy (non-hydrogen) atoms. The number of nitriles is 1. The van der Waals surface area contributed by atoms with Crippen molar-refractivity contribution >= 4 is 29.2 Å². The first-order chi connectivity index (χ1) is 12.9. The van der Waals surface area contributed by atoms with Crippen molar-refractivity contribution < 1.29 is 19.1 Å². The fraction of sp³-hybridized carbons (Fsp3) is 0.250. The average molecular weight is 387 g/mol. The number of hydrogen-bond acceptors (Lipinski definition) is 5. The molecule has 0 bridgehead atoms. The predicted molar refractivity (Wildman–Crippen MR) is 102 cm³/mol. The van der Waals surface area contributed by atoms with Crippen LogP contribution < -0.4 is 9.64 Å². The van der Waals surface area contributed by atoms with Crippen molar-refractivity contribution in [2.75, 3.05) is 24.7 Å². The highest BCUT2D eigenvalue weighted by molar-refractivity contribution is 6.30. The molecule has 0 aliphatic rings. The number of ether oxygens (including phenoxy) is 2. The highest BCUT2D eigenvalue weighted by atomic mass is 35.5. The maximum absolute atomic E-state index is 12.3. The number of rotatable bonds is 7. The number of carbonyl (C=O) groups excluding carboxylic acids is 2. The van der Waals surface area contributed by atoms with E-state index in [4.69, 9.17) is 26.3 Å². The van der Waals surface area contributed by atoms with E-state index < -0.39 is 18.5 Å². The van der Waals surface area contributed by atoms with Crippen LogP contribution in [-0.4, -0.2) is 31.6 Å². The van der Waals surface area contributed by atoms with Crippen LogP contribution in [0.4, 0.5) is 5.69 Å². The number of anilines is 1. The molecule has 0 radical (unpaired) electrons. The zero-order chi connectivity index (χ0) is 19.8. The van der Waals surface area contributed by atoms with Crippen LogP contribution in [0.3, 0.4) is 0 Å². The van der Waals surface area contributed by atoms with Crippen LogP contribution >= 0.6 is 11.6 Å². The number of carbonyl (C=O) groups is 2. The van der Waals surface area contributed by atoms with E-state index in [1.807, 2.05) is 19.9 Å². The molecule has 6 nitrogen and oxygen atoms in total. The largest absolute Gasteiger partial charge is 0.481 e. The highest BCUT2D eigenvalue weighted by Crippen LogP contribution is 2.27. The second-order valence-corrected chi connectivity index (χ2v) is 6.23. The highest BCUT2D eigenvalue weighted by Gasteiger charge is 2.18. The van der Waals surface area contributed by atoms with Crippen LogP contribution in [0.25, 0.3) is 0 Å². The van der Waals surface area contributed by atoms with Gasteiger partial charge in [-0.2, -0.15) is 5.26 Å². The average Bonchev–Trinajstić information content (AvgIpc) is 2.64. The number of nitrogens with zero attached hydrogens (tertiary/aromatic N) is 2. The predicted octanol–water partition coefficient (Wildman–Crippen LogP) is 3.44. The third-order valence-corrected chi connectivity index (χ3v) is 3.93. The lowest BCUT2D eigenvalue weighted by Gasteiger charge is -2.19. The van der Waals surface area contributed by atoms with Gasteiger partial charge in [-0.3, -0.25) is 9.69 Å². The van der Waals surface area contributed by atoms with Gasteiger partial charge >= 0.3 is 5.97 Å². The summed E-state index contributed by atoms with van der Waals surface area (Å²) in [6.07, 6.45) is 0. The van der Waals surface area contributed by atoms with Crippen LogP contribution in [0.15, 0.2) is 42.5 Å². The number of benzene rings is 2. The van der Waals surface area contributed by atoms with E-state index in [2.05, 4.69) is 0 Å². The quantitative estimate of drug-likeness (QED) is 0.538. The lowest BCUT2D eigenvalue weighted by atomic mass is 10.1. The van der Waals surface area contributed by atoms with E-state index in [0.717, 1.165) is 11.1 Å². The van der Waals surface area contributed by atoms with Gasteiger partial charge in [-0.05, 0) is 49.2 Å². The maximum atomic E-state index is 12.3. The molecular weight excluding hydrogens is 368 g/mol. The Labute approximate surface area is 162 Å². The molecule has 0 heterocycles. The van der Waals surface area contributed by atoms with Crippen molar-refractivity contribution in [2.45, 2.75) is 13.8 Å². The van der Waals surface area contributed by atoms with Crippen molar-refractivity contribution in [3.05, 3.63) is 58.6 Å². The first kappa shape index (κ1) is 20.3. The first-order valence-electron chi connectivity index (χ1n) is 8.20. The minimum Gasteiger partial charge on any atom is -0.481 e. The lowest BCUT2D eigenvalue weighted by Crippen LogP contribution is -2.35. The molecule has 0 N–H and O–H groups in total. The van der Waals surface area contributed by atoms with Crippen LogP contribution in [0.2, 0.25) is 5.02 Å². The molecule has 2 rings (SSSR count). The molecule has 140 valence electrons. The van der Waals surface area contributed by atoms with Gasteiger partial charge in [0.25, 0.3) is 5.91 Å². The Bertz CT molecular complexity index is 839. The van der Waals surface area contributed by atoms with E-state index in [0.29, 0.717) is 16.5 Å². The summed E-state index contributed by atoms with van der Waals surface area (Å²) in [7, 11) is 0. The Morgan fingerprint density at radius 1 is 1.11 bits per heavy atom. The Morgan fingerprint density at radius 3 is 2.33 bits per heavy atom. The van der Waals surface area contributed by atoms with Crippen LogP contribution in [-0.2, 0) is 14.3 Å². The lowest BCUT2D eigenvalue weighted by molar-refractivity contribution is -0.149. The molecule has 7 heteroatoms. The normalized spacial score (nSPS) is 10.0. The van der Waals surface area contributed by atoms with Crippen LogP contribution in [0.5, 0.6) is 5.75 Å². The molecule has 0 aliphatic heterocycles. The van der Waals surface area contributed by atoms with Crippen molar-refractivity contribution in [3.8, 4) is 11.8 Å². The number of hydrogen-bond donors (Lipinski definition) is 0. The van der Waals surface area contributed by atoms with Gasteiger partial charge in [-0.15, -0.1) is 0 Å². The molecule has 0 atom stereocenters. The van der Waals surface area contributed by atoms with Gasteiger partial charge in [0.2, 0.25) is 0 Å². The molecule has 0 aromatic heterocycles. The molecule has 2 aromatic carbocycles. The monoisotopic (exact) mass is 386 g/mol. The van der Waals surface area contributed by atoms with Crippen molar-refractivity contribution in [2.24, 2.45) is 0 Å². The topological polar surface area (TPSA) is 79.6 Å². The molecule has 0 aliphatic carbocycles. The third kappa shape index (κ3) is 5.73. The van der Waals surface area contributed by atoms with E-state index in [1.54, 1.807) is 42.5 Å². The Morgan fingerprint density at radius 2 is 1.74 bits per heavy atom. The minimum absolute atomic E-state index is 0.139. The Hall–Kier alpha value is -3.04.